The minimum Gasteiger partial charge on any atom is -0.352 e. The quantitative estimate of drug-likeness (QED) is 0.256. The van der Waals surface area contributed by atoms with Crippen molar-refractivity contribution in [3.8, 4) is 0 Å². The van der Waals surface area contributed by atoms with Gasteiger partial charge >= 0.3 is 0 Å². The van der Waals surface area contributed by atoms with E-state index in [0.29, 0.717) is 6.42 Å². The smallest absolute Gasteiger partial charge is 0.264 e. The molecule has 1 saturated carbocycles. The third-order valence-electron chi connectivity index (χ3n) is 7.64. The number of benzene rings is 3. The SMILES string of the molecule is CC[C@@H](C(=O)NC1CCCC1)N(Cc1ccc(C)cc1)C(=O)CN(c1ccc(Cl)c(Cl)c1)S(=O)(=O)c1ccc(C)cc1. The Labute approximate surface area is 258 Å². The van der Waals surface area contributed by atoms with E-state index in [1.807, 2.05) is 45.0 Å². The molecule has 1 aliphatic rings. The van der Waals surface area contributed by atoms with Gasteiger partial charge < -0.3 is 10.2 Å². The number of sulfonamides is 1. The largest absolute Gasteiger partial charge is 0.352 e. The minimum atomic E-state index is -4.20. The lowest BCUT2D eigenvalue weighted by Gasteiger charge is -2.34. The highest BCUT2D eigenvalue weighted by Crippen LogP contribution is 2.31. The number of halogens is 2. The van der Waals surface area contributed by atoms with Gasteiger partial charge in [0.2, 0.25) is 11.8 Å². The number of nitrogens with zero attached hydrogens (tertiary/aromatic N) is 2. The van der Waals surface area contributed by atoms with Gasteiger partial charge in [0, 0.05) is 12.6 Å². The van der Waals surface area contributed by atoms with Crippen molar-refractivity contribution in [3.63, 3.8) is 0 Å². The molecule has 0 heterocycles. The summed E-state index contributed by atoms with van der Waals surface area (Å²) in [6, 6.07) is 17.9. The summed E-state index contributed by atoms with van der Waals surface area (Å²) in [6.07, 6.45) is 4.31. The van der Waals surface area contributed by atoms with E-state index in [1.165, 1.54) is 35.2 Å². The van der Waals surface area contributed by atoms with Gasteiger partial charge in [-0.1, -0.05) is 90.5 Å². The number of nitrogens with one attached hydrogen (secondary N) is 1. The molecule has 0 unspecified atom stereocenters. The van der Waals surface area contributed by atoms with E-state index in [4.69, 9.17) is 23.2 Å². The summed E-state index contributed by atoms with van der Waals surface area (Å²) in [4.78, 5) is 29.3. The van der Waals surface area contributed by atoms with Gasteiger partial charge in [-0.3, -0.25) is 13.9 Å². The zero-order chi connectivity index (χ0) is 30.4. The van der Waals surface area contributed by atoms with Crippen LogP contribution in [-0.2, 0) is 26.2 Å². The second kappa shape index (κ2) is 13.9. The summed E-state index contributed by atoms with van der Waals surface area (Å²) < 4.78 is 29.0. The Kier molecular flexibility index (Phi) is 10.6. The van der Waals surface area contributed by atoms with Crippen molar-refractivity contribution < 1.29 is 18.0 Å². The van der Waals surface area contributed by atoms with Gasteiger partial charge in [0.05, 0.1) is 20.6 Å². The highest BCUT2D eigenvalue weighted by molar-refractivity contribution is 7.92. The number of anilines is 1. The van der Waals surface area contributed by atoms with Crippen molar-refractivity contribution in [2.24, 2.45) is 0 Å². The molecule has 1 atom stereocenters. The van der Waals surface area contributed by atoms with Gasteiger partial charge in [-0.05, 0) is 69.0 Å². The molecule has 42 heavy (non-hydrogen) atoms. The molecule has 1 fully saturated rings. The van der Waals surface area contributed by atoms with Crippen LogP contribution in [0.2, 0.25) is 10.0 Å². The molecular weight excluding hydrogens is 593 g/mol. The Bertz CT molecular complexity index is 1510. The molecule has 10 heteroatoms. The summed E-state index contributed by atoms with van der Waals surface area (Å²) in [5.41, 5.74) is 2.99. The van der Waals surface area contributed by atoms with Crippen molar-refractivity contribution in [2.75, 3.05) is 10.8 Å². The van der Waals surface area contributed by atoms with Gasteiger partial charge in [0.25, 0.3) is 10.0 Å². The predicted molar refractivity (Wildman–Crippen MR) is 168 cm³/mol. The maximum atomic E-state index is 14.2. The first-order valence-electron chi connectivity index (χ1n) is 14.2. The van der Waals surface area contributed by atoms with Crippen molar-refractivity contribution in [2.45, 2.75) is 76.4 Å². The Morgan fingerprint density at radius 1 is 0.905 bits per heavy atom. The molecule has 1 aliphatic carbocycles. The molecule has 2 amide bonds. The second-order valence-electron chi connectivity index (χ2n) is 10.8. The molecule has 0 saturated heterocycles. The highest BCUT2D eigenvalue weighted by atomic mass is 35.5. The van der Waals surface area contributed by atoms with Crippen molar-refractivity contribution >= 4 is 50.7 Å². The average Bonchev–Trinajstić information content (AvgIpc) is 3.47. The van der Waals surface area contributed by atoms with Crippen molar-refractivity contribution in [1.82, 2.24) is 10.2 Å². The fourth-order valence-corrected chi connectivity index (χ4v) is 6.88. The predicted octanol–water partition coefficient (Wildman–Crippen LogP) is 6.67. The van der Waals surface area contributed by atoms with E-state index < -0.39 is 28.5 Å². The molecule has 3 aromatic carbocycles. The van der Waals surface area contributed by atoms with Crippen LogP contribution in [0.3, 0.4) is 0 Å². The van der Waals surface area contributed by atoms with Crippen LogP contribution in [0.4, 0.5) is 5.69 Å². The maximum absolute atomic E-state index is 14.2. The standard InChI is InChI=1S/C32H37Cl2N3O4S/c1-4-30(32(39)35-25-7-5-6-8-25)36(20-24-13-9-22(2)10-14-24)31(38)21-37(26-15-18-28(33)29(34)19-26)42(40,41)27-16-11-23(3)12-17-27/h9-19,25,30H,4-8,20-21H2,1-3H3,(H,35,39)/t30-/m0/s1. The summed E-state index contributed by atoms with van der Waals surface area (Å²) in [7, 11) is -4.20. The summed E-state index contributed by atoms with van der Waals surface area (Å²) in [6.45, 7) is 5.31. The van der Waals surface area contributed by atoms with Crippen LogP contribution in [0.15, 0.2) is 71.6 Å². The first-order chi connectivity index (χ1) is 20.0. The van der Waals surface area contributed by atoms with E-state index in [9.17, 15) is 18.0 Å². The molecule has 0 spiro atoms. The third kappa shape index (κ3) is 7.65. The van der Waals surface area contributed by atoms with Crippen LogP contribution in [0, 0.1) is 13.8 Å². The Hall–Kier alpha value is -3.07. The van der Waals surface area contributed by atoms with Crippen molar-refractivity contribution in [1.29, 1.82) is 0 Å². The van der Waals surface area contributed by atoms with Crippen LogP contribution in [0.25, 0.3) is 0 Å². The number of carbonyl (C=O) groups excluding carboxylic acids is 2. The molecule has 224 valence electrons. The van der Waals surface area contributed by atoms with Crippen LogP contribution < -0.4 is 9.62 Å². The van der Waals surface area contributed by atoms with Gasteiger partial charge in [0.1, 0.15) is 12.6 Å². The molecule has 7 nitrogen and oxygen atoms in total. The first kappa shape index (κ1) is 31.9. The normalized spacial score (nSPS) is 14.4. The van der Waals surface area contributed by atoms with E-state index >= 15 is 0 Å². The third-order valence-corrected chi connectivity index (χ3v) is 10.2. The average molecular weight is 631 g/mol. The van der Waals surface area contributed by atoms with Crippen LogP contribution in [-0.4, -0.2) is 43.8 Å². The number of carbonyl (C=O) groups is 2. The fourth-order valence-electron chi connectivity index (χ4n) is 5.18. The topological polar surface area (TPSA) is 86.8 Å². The summed E-state index contributed by atoms with van der Waals surface area (Å²) >= 11 is 12.4. The van der Waals surface area contributed by atoms with Gasteiger partial charge in [-0.15, -0.1) is 0 Å². The lowest BCUT2D eigenvalue weighted by atomic mass is 10.1. The lowest BCUT2D eigenvalue weighted by Crippen LogP contribution is -2.53. The van der Waals surface area contributed by atoms with Gasteiger partial charge in [-0.2, -0.15) is 0 Å². The second-order valence-corrected chi connectivity index (χ2v) is 13.5. The minimum absolute atomic E-state index is 0.0306. The molecule has 1 N–H and O–H groups in total. The van der Waals surface area contributed by atoms with Crippen LogP contribution in [0.1, 0.15) is 55.7 Å². The lowest BCUT2D eigenvalue weighted by molar-refractivity contribution is -0.140. The van der Waals surface area contributed by atoms with E-state index in [2.05, 4.69) is 5.32 Å². The molecule has 0 aliphatic heterocycles. The summed E-state index contributed by atoms with van der Waals surface area (Å²) in [5.74, 6) is -0.738. The highest BCUT2D eigenvalue weighted by Gasteiger charge is 2.34. The molecule has 3 aromatic rings. The van der Waals surface area contributed by atoms with Crippen LogP contribution >= 0.6 is 23.2 Å². The van der Waals surface area contributed by atoms with Crippen molar-refractivity contribution in [3.05, 3.63) is 93.5 Å². The molecule has 0 aromatic heterocycles. The Balaban J connectivity index is 1.73. The van der Waals surface area contributed by atoms with E-state index in [1.54, 1.807) is 12.1 Å². The number of hydrogen-bond acceptors (Lipinski definition) is 4. The van der Waals surface area contributed by atoms with Crippen LogP contribution in [0.5, 0.6) is 0 Å². The number of rotatable bonds is 11. The zero-order valence-electron chi connectivity index (χ0n) is 24.1. The van der Waals surface area contributed by atoms with E-state index in [-0.39, 0.29) is 39.1 Å². The number of hydrogen-bond donors (Lipinski definition) is 1. The fraction of sp³-hybridized carbons (Fsp3) is 0.375. The zero-order valence-corrected chi connectivity index (χ0v) is 26.5. The Morgan fingerprint density at radius 3 is 2.07 bits per heavy atom. The molecule has 0 radical (unpaired) electrons. The molecule has 0 bridgehead atoms. The monoisotopic (exact) mass is 629 g/mol. The number of aryl methyl sites for hydroxylation is 2. The summed E-state index contributed by atoms with van der Waals surface area (Å²) in [5, 5.41) is 3.54. The molecular formula is C32H37Cl2N3O4S. The Morgan fingerprint density at radius 2 is 1.50 bits per heavy atom. The van der Waals surface area contributed by atoms with E-state index in [0.717, 1.165) is 46.7 Å². The number of amides is 2. The van der Waals surface area contributed by atoms with Gasteiger partial charge in [0.15, 0.2) is 0 Å². The van der Waals surface area contributed by atoms with Gasteiger partial charge in [-0.25, -0.2) is 8.42 Å². The molecule has 4 rings (SSSR count). The first-order valence-corrected chi connectivity index (χ1v) is 16.4. The maximum Gasteiger partial charge on any atom is 0.264 e.